The fraction of sp³-hybridized carbons (Fsp3) is 0. The first-order valence-corrected chi connectivity index (χ1v) is 20.8. The van der Waals surface area contributed by atoms with Crippen LogP contribution in [0.4, 0.5) is 17.1 Å². The minimum absolute atomic E-state index is 0.835. The second kappa shape index (κ2) is 14.3. The highest BCUT2D eigenvalue weighted by Crippen LogP contribution is 2.49. The molecule has 0 fully saturated rings. The van der Waals surface area contributed by atoms with Crippen LogP contribution >= 0.6 is 0 Å². The SMILES string of the molecule is c1ccc(-c2ccccc2-c2cc3c(oc4cccc(N(c5ccc(-c6cccc7c6oc6ccccc67)cc5)c5ccccc5-c5ccccc5)c43)c3ccccc23)cc1. The number of furan rings is 2. The lowest BCUT2D eigenvalue weighted by Crippen LogP contribution is -2.11. The molecular weight excluding hydrogens is 743 g/mol. The molecule has 0 amide bonds. The predicted molar refractivity (Wildman–Crippen MR) is 255 cm³/mol. The molecule has 0 N–H and O–H groups in total. The van der Waals surface area contributed by atoms with Gasteiger partial charge in [0.05, 0.1) is 16.8 Å². The van der Waals surface area contributed by atoms with Crippen LogP contribution in [0.25, 0.3) is 99.2 Å². The third kappa shape index (κ3) is 5.74. The number of hydrogen-bond donors (Lipinski definition) is 0. The molecule has 3 heteroatoms. The van der Waals surface area contributed by atoms with Crippen molar-refractivity contribution in [1.82, 2.24) is 0 Å². The summed E-state index contributed by atoms with van der Waals surface area (Å²) < 4.78 is 13.4. The van der Waals surface area contributed by atoms with Crippen LogP contribution in [0.15, 0.2) is 233 Å². The van der Waals surface area contributed by atoms with Gasteiger partial charge in [-0.1, -0.05) is 182 Å². The van der Waals surface area contributed by atoms with Gasteiger partial charge < -0.3 is 13.7 Å². The fourth-order valence-corrected chi connectivity index (χ4v) is 9.33. The van der Waals surface area contributed by atoms with Gasteiger partial charge in [-0.05, 0) is 81.2 Å². The van der Waals surface area contributed by atoms with Crippen LogP contribution in [0.3, 0.4) is 0 Å². The topological polar surface area (TPSA) is 29.5 Å². The van der Waals surface area contributed by atoms with Crippen molar-refractivity contribution in [2.45, 2.75) is 0 Å². The lowest BCUT2D eigenvalue weighted by Gasteiger charge is -2.28. The van der Waals surface area contributed by atoms with Gasteiger partial charge in [0.15, 0.2) is 0 Å². The van der Waals surface area contributed by atoms with Crippen LogP contribution in [-0.4, -0.2) is 0 Å². The summed E-state index contributed by atoms with van der Waals surface area (Å²) in [4.78, 5) is 2.40. The molecule has 2 heterocycles. The highest BCUT2D eigenvalue weighted by atomic mass is 16.3. The first-order chi connectivity index (χ1) is 30.3. The van der Waals surface area contributed by atoms with E-state index in [1.54, 1.807) is 0 Å². The average molecular weight is 780 g/mol. The Balaban J connectivity index is 1.11. The molecule has 61 heavy (non-hydrogen) atoms. The molecule has 0 aliphatic heterocycles. The predicted octanol–water partition coefficient (Wildman–Crippen LogP) is 16.8. The van der Waals surface area contributed by atoms with E-state index in [0.29, 0.717) is 0 Å². The molecule has 12 aromatic rings. The molecule has 0 spiro atoms. The fourth-order valence-electron chi connectivity index (χ4n) is 9.33. The van der Waals surface area contributed by atoms with E-state index in [9.17, 15) is 0 Å². The number of para-hydroxylation sites is 3. The van der Waals surface area contributed by atoms with E-state index in [1.165, 1.54) is 22.3 Å². The van der Waals surface area contributed by atoms with E-state index in [2.05, 4.69) is 217 Å². The third-order valence-corrected chi connectivity index (χ3v) is 12.1. The van der Waals surface area contributed by atoms with Crippen LogP contribution in [0.5, 0.6) is 0 Å². The van der Waals surface area contributed by atoms with Crippen molar-refractivity contribution in [2.24, 2.45) is 0 Å². The van der Waals surface area contributed by atoms with Gasteiger partial charge >= 0.3 is 0 Å². The van der Waals surface area contributed by atoms with Crippen molar-refractivity contribution >= 4 is 71.7 Å². The maximum atomic E-state index is 6.95. The molecule has 0 saturated heterocycles. The summed E-state index contributed by atoms with van der Waals surface area (Å²) in [6, 6.07) is 79.8. The molecule has 2 aromatic heterocycles. The summed E-state index contributed by atoms with van der Waals surface area (Å²) in [7, 11) is 0. The van der Waals surface area contributed by atoms with Gasteiger partial charge in [0.2, 0.25) is 0 Å². The number of anilines is 3. The van der Waals surface area contributed by atoms with Gasteiger partial charge in [0.25, 0.3) is 0 Å². The number of rotatable bonds is 7. The van der Waals surface area contributed by atoms with Gasteiger partial charge in [0, 0.05) is 38.4 Å². The Morgan fingerprint density at radius 1 is 0.279 bits per heavy atom. The summed E-state index contributed by atoms with van der Waals surface area (Å²) in [6.45, 7) is 0. The smallest absolute Gasteiger partial charge is 0.143 e. The van der Waals surface area contributed by atoms with Crippen LogP contribution < -0.4 is 4.90 Å². The zero-order chi connectivity index (χ0) is 40.3. The maximum Gasteiger partial charge on any atom is 0.143 e. The Labute approximate surface area is 353 Å². The zero-order valence-corrected chi connectivity index (χ0v) is 33.1. The largest absolute Gasteiger partial charge is 0.455 e. The molecule has 0 radical (unpaired) electrons. The molecule has 10 aromatic carbocycles. The van der Waals surface area contributed by atoms with Gasteiger partial charge in [-0.15, -0.1) is 0 Å². The third-order valence-electron chi connectivity index (χ3n) is 12.1. The van der Waals surface area contributed by atoms with E-state index in [1.807, 2.05) is 12.1 Å². The Morgan fingerprint density at radius 3 is 1.57 bits per heavy atom. The van der Waals surface area contributed by atoms with Crippen molar-refractivity contribution in [3.8, 4) is 44.5 Å². The number of benzene rings is 10. The molecule has 12 rings (SSSR count). The van der Waals surface area contributed by atoms with Crippen molar-refractivity contribution < 1.29 is 8.83 Å². The summed E-state index contributed by atoms with van der Waals surface area (Å²) in [5.41, 5.74) is 15.8. The van der Waals surface area contributed by atoms with Crippen molar-refractivity contribution in [3.63, 3.8) is 0 Å². The van der Waals surface area contributed by atoms with Gasteiger partial charge in [-0.25, -0.2) is 0 Å². The van der Waals surface area contributed by atoms with E-state index < -0.39 is 0 Å². The summed E-state index contributed by atoms with van der Waals surface area (Å²) in [6.07, 6.45) is 0. The van der Waals surface area contributed by atoms with E-state index in [4.69, 9.17) is 8.83 Å². The Morgan fingerprint density at radius 2 is 0.787 bits per heavy atom. The molecule has 0 atom stereocenters. The van der Waals surface area contributed by atoms with Crippen LogP contribution in [-0.2, 0) is 0 Å². The number of hydrogen-bond acceptors (Lipinski definition) is 3. The maximum absolute atomic E-state index is 6.95. The highest BCUT2D eigenvalue weighted by Gasteiger charge is 2.24. The number of nitrogens with zero attached hydrogens (tertiary/aromatic N) is 1. The monoisotopic (exact) mass is 779 g/mol. The Bertz CT molecular complexity index is 3580. The van der Waals surface area contributed by atoms with Crippen molar-refractivity contribution in [2.75, 3.05) is 4.90 Å². The second-order valence-electron chi connectivity index (χ2n) is 15.6. The molecule has 0 bridgehead atoms. The van der Waals surface area contributed by atoms with E-state index >= 15 is 0 Å². The van der Waals surface area contributed by atoms with Crippen LogP contribution in [0.2, 0.25) is 0 Å². The van der Waals surface area contributed by atoms with Gasteiger partial charge in [-0.2, -0.15) is 0 Å². The highest BCUT2D eigenvalue weighted by molar-refractivity contribution is 6.23. The van der Waals surface area contributed by atoms with Gasteiger partial charge in [-0.3, -0.25) is 0 Å². The van der Waals surface area contributed by atoms with Crippen molar-refractivity contribution in [1.29, 1.82) is 0 Å². The van der Waals surface area contributed by atoms with E-state index in [0.717, 1.165) is 94.0 Å². The standard InChI is InChI=1S/C58H37NO2/c1-3-17-38(18-4-1)42-21-7-8-23-45(42)50-37-51-56-53(30-16-32-55(56)61-58(51)48-26-10-9-24-46(48)50)59(52-29-13-11-22-43(52)39-19-5-2-6-20-39)41-35-33-40(34-36-41)44-27-15-28-49-47-25-12-14-31-54(47)60-57(44)49/h1-37H. The molecule has 0 saturated carbocycles. The Kier molecular flexibility index (Phi) is 8.17. The molecule has 286 valence electrons. The molecule has 0 unspecified atom stereocenters. The van der Waals surface area contributed by atoms with Gasteiger partial charge in [0.1, 0.15) is 22.3 Å². The van der Waals surface area contributed by atoms with E-state index in [-0.39, 0.29) is 0 Å². The van der Waals surface area contributed by atoms with Crippen LogP contribution in [0, 0.1) is 0 Å². The first kappa shape index (κ1) is 34.9. The summed E-state index contributed by atoms with van der Waals surface area (Å²) in [5.74, 6) is 0. The first-order valence-electron chi connectivity index (χ1n) is 20.8. The normalized spacial score (nSPS) is 11.6. The zero-order valence-electron chi connectivity index (χ0n) is 33.1. The molecule has 0 aliphatic carbocycles. The second-order valence-corrected chi connectivity index (χ2v) is 15.6. The quantitative estimate of drug-likeness (QED) is 0.161. The summed E-state index contributed by atoms with van der Waals surface area (Å²) >= 11 is 0. The lowest BCUT2D eigenvalue weighted by molar-refractivity contribution is 0.670. The summed E-state index contributed by atoms with van der Waals surface area (Å²) in [5, 5.41) is 6.60. The minimum atomic E-state index is 0.835. The lowest BCUT2D eigenvalue weighted by atomic mass is 9.90. The average Bonchev–Trinajstić information content (AvgIpc) is 3.92. The molecule has 0 aliphatic rings. The molecular formula is C58H37NO2. The van der Waals surface area contributed by atoms with Crippen LogP contribution in [0.1, 0.15) is 0 Å². The molecule has 3 nitrogen and oxygen atoms in total. The number of fused-ring (bicyclic) bond motifs is 8. The Hall–Kier alpha value is -8.14. The van der Waals surface area contributed by atoms with Crippen molar-refractivity contribution in [3.05, 3.63) is 224 Å². The minimum Gasteiger partial charge on any atom is -0.455 e.